The largest absolute Gasteiger partial charge is 0.497 e. The van der Waals surface area contributed by atoms with Crippen molar-refractivity contribution in [2.75, 3.05) is 20.7 Å². The van der Waals surface area contributed by atoms with Gasteiger partial charge in [-0.25, -0.2) is 0 Å². The fraction of sp³-hybridized carbons (Fsp3) is 0.286. The molecule has 1 aromatic heterocycles. The Bertz CT molecular complexity index is 869. The molecule has 3 N–H and O–H groups in total. The quantitative estimate of drug-likeness (QED) is 0.347. The van der Waals surface area contributed by atoms with E-state index in [0.29, 0.717) is 6.54 Å². The number of hydrogen-bond acceptors (Lipinski definition) is 2. The molecule has 5 heteroatoms. The van der Waals surface area contributed by atoms with Gasteiger partial charge in [0.1, 0.15) is 5.75 Å². The van der Waals surface area contributed by atoms with Gasteiger partial charge in [-0.3, -0.25) is 4.99 Å². The summed E-state index contributed by atoms with van der Waals surface area (Å²) in [5.74, 6) is 1.68. The fourth-order valence-corrected chi connectivity index (χ4v) is 3.01. The van der Waals surface area contributed by atoms with Crippen LogP contribution < -0.4 is 15.4 Å². The van der Waals surface area contributed by atoms with Gasteiger partial charge in [-0.1, -0.05) is 30.3 Å². The number of nitrogens with zero attached hydrogens (tertiary/aromatic N) is 1. The minimum Gasteiger partial charge on any atom is -0.497 e. The van der Waals surface area contributed by atoms with Crippen LogP contribution in [0.2, 0.25) is 0 Å². The second kappa shape index (κ2) is 8.94. The Kier molecular flexibility index (Phi) is 6.14. The number of nitrogens with one attached hydrogen (secondary N) is 3. The first kappa shape index (κ1) is 17.9. The Morgan fingerprint density at radius 2 is 2.00 bits per heavy atom. The number of fused-ring (bicyclic) bond motifs is 1. The van der Waals surface area contributed by atoms with E-state index in [2.05, 4.69) is 57.1 Å². The van der Waals surface area contributed by atoms with Crippen molar-refractivity contribution >= 4 is 16.9 Å². The Morgan fingerprint density at radius 1 is 1.12 bits per heavy atom. The zero-order valence-electron chi connectivity index (χ0n) is 15.4. The van der Waals surface area contributed by atoms with Crippen LogP contribution in [-0.4, -0.2) is 31.6 Å². The molecular formula is C21H26N4O. The van der Waals surface area contributed by atoms with Gasteiger partial charge in [0.05, 0.1) is 7.11 Å². The number of rotatable bonds is 7. The maximum atomic E-state index is 5.26. The Balaban J connectivity index is 1.44. The summed E-state index contributed by atoms with van der Waals surface area (Å²) in [6.07, 6.45) is 4.19. The number of benzene rings is 2. The van der Waals surface area contributed by atoms with Crippen molar-refractivity contribution in [3.8, 4) is 5.75 Å². The second-order valence-electron chi connectivity index (χ2n) is 6.17. The van der Waals surface area contributed by atoms with Crippen LogP contribution in [0.3, 0.4) is 0 Å². The number of methoxy groups -OCH3 is 1. The summed E-state index contributed by atoms with van der Waals surface area (Å²) >= 11 is 0. The van der Waals surface area contributed by atoms with Gasteiger partial charge in [-0.15, -0.1) is 0 Å². The summed E-state index contributed by atoms with van der Waals surface area (Å²) in [6.45, 7) is 1.58. The van der Waals surface area contributed by atoms with Gasteiger partial charge in [0, 0.05) is 37.2 Å². The van der Waals surface area contributed by atoms with Crippen molar-refractivity contribution in [1.82, 2.24) is 15.6 Å². The van der Waals surface area contributed by atoms with Crippen molar-refractivity contribution < 1.29 is 4.74 Å². The molecule has 0 atom stereocenters. The van der Waals surface area contributed by atoms with E-state index in [0.717, 1.165) is 36.7 Å². The van der Waals surface area contributed by atoms with Crippen LogP contribution in [0.15, 0.2) is 59.7 Å². The molecule has 0 unspecified atom stereocenters. The Labute approximate surface area is 154 Å². The average molecular weight is 350 g/mol. The minimum atomic E-state index is 0.708. The highest BCUT2D eigenvalue weighted by molar-refractivity contribution is 5.83. The van der Waals surface area contributed by atoms with Gasteiger partial charge in [0.15, 0.2) is 5.96 Å². The van der Waals surface area contributed by atoms with Gasteiger partial charge in [0.2, 0.25) is 0 Å². The topological polar surface area (TPSA) is 61.4 Å². The molecule has 1 heterocycles. The first-order valence-electron chi connectivity index (χ1n) is 8.92. The van der Waals surface area contributed by atoms with E-state index in [-0.39, 0.29) is 0 Å². The van der Waals surface area contributed by atoms with E-state index in [1.807, 2.05) is 18.2 Å². The highest BCUT2D eigenvalue weighted by atomic mass is 16.5. The van der Waals surface area contributed by atoms with Crippen molar-refractivity contribution in [2.24, 2.45) is 4.99 Å². The van der Waals surface area contributed by atoms with Crippen molar-refractivity contribution in [1.29, 1.82) is 0 Å². The highest BCUT2D eigenvalue weighted by Gasteiger charge is 2.03. The van der Waals surface area contributed by atoms with Crippen molar-refractivity contribution in [3.63, 3.8) is 0 Å². The van der Waals surface area contributed by atoms with E-state index >= 15 is 0 Å². The molecule has 0 aliphatic carbocycles. The lowest BCUT2D eigenvalue weighted by Gasteiger charge is -2.12. The van der Waals surface area contributed by atoms with E-state index in [1.54, 1.807) is 14.2 Å². The summed E-state index contributed by atoms with van der Waals surface area (Å²) in [4.78, 5) is 7.62. The standard InChI is InChI=1S/C21H26N4O/c1-22-21(25-14-16-7-5-9-18(13-16)26-2)23-12-6-8-17-15-24-20-11-4-3-10-19(17)20/h3-5,7,9-11,13,15,24H,6,8,12,14H2,1-2H3,(H2,22,23,25). The summed E-state index contributed by atoms with van der Waals surface area (Å²) in [7, 11) is 3.47. The number of aliphatic imine (C=N–C) groups is 1. The van der Waals surface area contributed by atoms with Crippen LogP contribution >= 0.6 is 0 Å². The van der Waals surface area contributed by atoms with E-state index in [1.165, 1.54) is 16.5 Å². The van der Waals surface area contributed by atoms with Gasteiger partial charge in [-0.2, -0.15) is 0 Å². The molecule has 0 radical (unpaired) electrons. The normalized spacial score (nSPS) is 11.5. The first-order chi connectivity index (χ1) is 12.8. The van der Waals surface area contributed by atoms with Crippen molar-refractivity contribution in [2.45, 2.75) is 19.4 Å². The molecule has 0 bridgehead atoms. The summed E-state index contributed by atoms with van der Waals surface area (Å²) < 4.78 is 5.26. The van der Waals surface area contributed by atoms with E-state index in [9.17, 15) is 0 Å². The number of para-hydroxylation sites is 1. The van der Waals surface area contributed by atoms with E-state index < -0.39 is 0 Å². The van der Waals surface area contributed by atoms with E-state index in [4.69, 9.17) is 4.74 Å². The number of guanidine groups is 1. The molecule has 0 saturated carbocycles. The maximum Gasteiger partial charge on any atom is 0.191 e. The molecule has 5 nitrogen and oxygen atoms in total. The van der Waals surface area contributed by atoms with Crippen LogP contribution in [-0.2, 0) is 13.0 Å². The highest BCUT2D eigenvalue weighted by Crippen LogP contribution is 2.18. The molecule has 0 saturated heterocycles. The number of aromatic nitrogens is 1. The van der Waals surface area contributed by atoms with Crippen LogP contribution in [0, 0.1) is 0 Å². The summed E-state index contributed by atoms with van der Waals surface area (Å²) in [5.41, 5.74) is 3.72. The second-order valence-corrected chi connectivity index (χ2v) is 6.17. The lowest BCUT2D eigenvalue weighted by atomic mass is 10.1. The number of aryl methyl sites for hydroxylation is 1. The third kappa shape index (κ3) is 4.57. The molecule has 26 heavy (non-hydrogen) atoms. The molecular weight excluding hydrogens is 324 g/mol. The monoisotopic (exact) mass is 350 g/mol. The zero-order chi connectivity index (χ0) is 18.2. The van der Waals surface area contributed by atoms with Crippen LogP contribution in [0.25, 0.3) is 10.9 Å². The third-order valence-electron chi connectivity index (χ3n) is 4.41. The number of H-pyrrole nitrogens is 1. The molecule has 3 aromatic rings. The SMILES string of the molecule is CN=C(NCCCc1c[nH]c2ccccc12)NCc1cccc(OC)c1. The maximum absolute atomic E-state index is 5.26. The molecule has 0 aliphatic rings. The van der Waals surface area contributed by atoms with Gasteiger partial charge in [0.25, 0.3) is 0 Å². The van der Waals surface area contributed by atoms with Gasteiger partial charge in [-0.05, 0) is 42.2 Å². The molecule has 2 aromatic carbocycles. The molecule has 0 spiro atoms. The fourth-order valence-electron chi connectivity index (χ4n) is 3.01. The molecule has 136 valence electrons. The smallest absolute Gasteiger partial charge is 0.191 e. The van der Waals surface area contributed by atoms with Crippen LogP contribution in [0.5, 0.6) is 5.75 Å². The van der Waals surface area contributed by atoms with Gasteiger partial charge >= 0.3 is 0 Å². The zero-order valence-corrected chi connectivity index (χ0v) is 15.4. The number of aromatic amines is 1. The molecule has 0 amide bonds. The minimum absolute atomic E-state index is 0.708. The molecule has 0 fully saturated rings. The van der Waals surface area contributed by atoms with Crippen LogP contribution in [0.1, 0.15) is 17.5 Å². The third-order valence-corrected chi connectivity index (χ3v) is 4.41. The van der Waals surface area contributed by atoms with Gasteiger partial charge < -0.3 is 20.4 Å². The lowest BCUT2D eigenvalue weighted by Crippen LogP contribution is -2.37. The number of hydrogen-bond donors (Lipinski definition) is 3. The van der Waals surface area contributed by atoms with Crippen LogP contribution in [0.4, 0.5) is 0 Å². The Hall–Kier alpha value is -2.95. The van der Waals surface area contributed by atoms with Crippen molar-refractivity contribution in [3.05, 3.63) is 65.9 Å². The molecule has 0 aliphatic heterocycles. The predicted octanol–water partition coefficient (Wildman–Crippen LogP) is 3.47. The number of ether oxygens (including phenoxy) is 1. The lowest BCUT2D eigenvalue weighted by molar-refractivity contribution is 0.414. The Morgan fingerprint density at radius 3 is 2.85 bits per heavy atom. The average Bonchev–Trinajstić information content (AvgIpc) is 3.11. The first-order valence-corrected chi connectivity index (χ1v) is 8.92. The summed E-state index contributed by atoms with van der Waals surface area (Å²) in [5, 5.41) is 8.03. The molecule has 3 rings (SSSR count). The predicted molar refractivity (Wildman–Crippen MR) is 108 cm³/mol. The summed E-state index contributed by atoms with van der Waals surface area (Å²) in [6, 6.07) is 16.5.